The maximum absolute atomic E-state index is 8.65. The van der Waals surface area contributed by atoms with Gasteiger partial charge in [0.25, 0.3) is 0 Å². The van der Waals surface area contributed by atoms with E-state index in [1.54, 1.807) is 0 Å². The van der Waals surface area contributed by atoms with Crippen LogP contribution in [0.15, 0.2) is 5.16 Å². The predicted octanol–water partition coefficient (Wildman–Crippen LogP) is -0.699. The topological polar surface area (TPSA) is 68.3 Å². The van der Waals surface area contributed by atoms with E-state index in [1.807, 2.05) is 6.92 Å². The van der Waals surface area contributed by atoms with E-state index < -0.39 is 0 Å². The zero-order valence-corrected chi connectivity index (χ0v) is 11.1. The number of piperazine rings is 1. The van der Waals surface area contributed by atoms with Gasteiger partial charge < -0.3 is 15.8 Å². The molecule has 0 bridgehead atoms. The van der Waals surface area contributed by atoms with Gasteiger partial charge in [0.15, 0.2) is 5.84 Å². The fraction of sp³-hybridized carbons (Fsp3) is 0.909. The van der Waals surface area contributed by atoms with E-state index in [-0.39, 0.29) is 6.04 Å². The third kappa shape index (κ3) is 4.49. The van der Waals surface area contributed by atoms with E-state index in [0.717, 1.165) is 39.3 Å². The van der Waals surface area contributed by atoms with Gasteiger partial charge in [-0.2, -0.15) is 0 Å². The van der Waals surface area contributed by atoms with Crippen molar-refractivity contribution in [3.05, 3.63) is 0 Å². The normalized spacial score (nSPS) is 22.0. The highest BCUT2D eigenvalue weighted by Crippen LogP contribution is 2.06. The Morgan fingerprint density at radius 3 is 2.41 bits per heavy atom. The second kappa shape index (κ2) is 6.78. The summed E-state index contributed by atoms with van der Waals surface area (Å²) in [5.74, 6) is 0.298. The predicted molar refractivity (Wildman–Crippen MR) is 69.4 cm³/mol. The van der Waals surface area contributed by atoms with Crippen LogP contribution in [-0.2, 0) is 0 Å². The van der Waals surface area contributed by atoms with Gasteiger partial charge in [-0.05, 0) is 21.0 Å². The van der Waals surface area contributed by atoms with Crippen LogP contribution in [0.25, 0.3) is 0 Å². The second-order valence-corrected chi connectivity index (χ2v) is 4.88. The molecular weight excluding hydrogens is 218 g/mol. The Morgan fingerprint density at radius 2 is 1.94 bits per heavy atom. The first-order chi connectivity index (χ1) is 8.04. The van der Waals surface area contributed by atoms with Crippen molar-refractivity contribution in [1.29, 1.82) is 0 Å². The summed E-state index contributed by atoms with van der Waals surface area (Å²) in [6.45, 7) is 8.24. The summed E-state index contributed by atoms with van der Waals surface area (Å²) in [6.07, 6.45) is 0. The van der Waals surface area contributed by atoms with Crippen molar-refractivity contribution < 1.29 is 5.21 Å². The fourth-order valence-corrected chi connectivity index (χ4v) is 1.99. The van der Waals surface area contributed by atoms with E-state index in [4.69, 9.17) is 10.9 Å². The molecule has 1 atom stereocenters. The number of hydrogen-bond acceptors (Lipinski definition) is 5. The molecule has 0 spiro atoms. The lowest BCUT2D eigenvalue weighted by Crippen LogP contribution is -2.53. The molecule has 1 rings (SSSR count). The van der Waals surface area contributed by atoms with Crippen LogP contribution in [0, 0.1) is 0 Å². The van der Waals surface area contributed by atoms with Crippen LogP contribution in [0.4, 0.5) is 0 Å². The summed E-state index contributed by atoms with van der Waals surface area (Å²) in [7, 11) is 4.19. The van der Waals surface area contributed by atoms with Gasteiger partial charge >= 0.3 is 0 Å². The molecule has 0 radical (unpaired) electrons. The number of likely N-dealkylation sites (N-methyl/N-ethyl adjacent to an activating group) is 1. The Labute approximate surface area is 104 Å². The SMILES string of the molecule is CC(C(N)=NO)N1CCN(CCN(C)C)CC1. The Hall–Kier alpha value is -0.850. The number of oxime groups is 1. The van der Waals surface area contributed by atoms with Crippen LogP contribution in [0.2, 0.25) is 0 Å². The molecule has 1 unspecified atom stereocenters. The van der Waals surface area contributed by atoms with E-state index in [1.165, 1.54) is 0 Å². The highest BCUT2D eigenvalue weighted by Gasteiger charge is 2.23. The summed E-state index contributed by atoms with van der Waals surface area (Å²) in [5, 5.41) is 11.7. The number of amidine groups is 1. The van der Waals surface area contributed by atoms with Crippen molar-refractivity contribution in [2.45, 2.75) is 13.0 Å². The lowest BCUT2D eigenvalue weighted by Gasteiger charge is -2.37. The van der Waals surface area contributed by atoms with Crippen LogP contribution in [-0.4, -0.2) is 85.1 Å². The zero-order chi connectivity index (χ0) is 12.8. The average molecular weight is 243 g/mol. The summed E-state index contributed by atoms with van der Waals surface area (Å²) in [4.78, 5) is 6.90. The van der Waals surface area contributed by atoms with Gasteiger partial charge in [0.1, 0.15) is 0 Å². The highest BCUT2D eigenvalue weighted by atomic mass is 16.4. The fourth-order valence-electron chi connectivity index (χ4n) is 1.99. The Balaban J connectivity index is 2.30. The molecule has 0 aromatic carbocycles. The molecule has 3 N–H and O–H groups in total. The lowest BCUT2D eigenvalue weighted by atomic mass is 10.2. The molecule has 1 saturated heterocycles. The molecule has 1 aliphatic rings. The summed E-state index contributed by atoms with van der Waals surface area (Å²) >= 11 is 0. The molecule has 17 heavy (non-hydrogen) atoms. The minimum Gasteiger partial charge on any atom is -0.409 e. The lowest BCUT2D eigenvalue weighted by molar-refractivity contribution is 0.115. The Kier molecular flexibility index (Phi) is 5.67. The van der Waals surface area contributed by atoms with E-state index in [9.17, 15) is 0 Å². The quantitative estimate of drug-likeness (QED) is 0.289. The minimum atomic E-state index is 0.0241. The van der Waals surface area contributed by atoms with Gasteiger partial charge in [0.2, 0.25) is 0 Å². The van der Waals surface area contributed by atoms with Gasteiger partial charge in [-0.1, -0.05) is 5.16 Å². The van der Waals surface area contributed by atoms with Crippen LogP contribution in [0.3, 0.4) is 0 Å². The van der Waals surface area contributed by atoms with E-state index in [0.29, 0.717) is 5.84 Å². The molecule has 0 amide bonds. The Morgan fingerprint density at radius 1 is 1.35 bits per heavy atom. The first kappa shape index (κ1) is 14.2. The summed E-state index contributed by atoms with van der Waals surface area (Å²) in [5.41, 5.74) is 5.62. The van der Waals surface area contributed by atoms with Crippen LogP contribution < -0.4 is 5.73 Å². The first-order valence-corrected chi connectivity index (χ1v) is 6.13. The molecule has 1 aliphatic heterocycles. The van der Waals surface area contributed by atoms with Gasteiger partial charge in [-0.15, -0.1) is 0 Å². The second-order valence-electron chi connectivity index (χ2n) is 4.88. The van der Waals surface area contributed by atoms with Gasteiger partial charge in [-0.3, -0.25) is 9.80 Å². The maximum atomic E-state index is 8.65. The molecule has 0 aromatic heterocycles. The number of rotatable bonds is 5. The van der Waals surface area contributed by atoms with Crippen molar-refractivity contribution in [1.82, 2.24) is 14.7 Å². The van der Waals surface area contributed by atoms with Gasteiger partial charge in [0, 0.05) is 39.3 Å². The van der Waals surface area contributed by atoms with E-state index >= 15 is 0 Å². The molecule has 0 aliphatic carbocycles. The third-order valence-electron chi connectivity index (χ3n) is 3.36. The number of hydrogen-bond donors (Lipinski definition) is 2. The van der Waals surface area contributed by atoms with Crippen molar-refractivity contribution >= 4 is 5.84 Å². The van der Waals surface area contributed by atoms with Crippen LogP contribution in [0.1, 0.15) is 6.92 Å². The highest BCUT2D eigenvalue weighted by molar-refractivity contribution is 5.84. The van der Waals surface area contributed by atoms with E-state index in [2.05, 4.69) is 34.0 Å². The summed E-state index contributed by atoms with van der Waals surface area (Å²) < 4.78 is 0. The van der Waals surface area contributed by atoms with Crippen LogP contribution in [0.5, 0.6) is 0 Å². The molecule has 6 nitrogen and oxygen atoms in total. The third-order valence-corrected chi connectivity index (χ3v) is 3.36. The molecule has 0 aromatic rings. The smallest absolute Gasteiger partial charge is 0.156 e. The monoisotopic (exact) mass is 243 g/mol. The van der Waals surface area contributed by atoms with Crippen LogP contribution >= 0.6 is 0 Å². The van der Waals surface area contributed by atoms with Crippen molar-refractivity contribution in [2.24, 2.45) is 10.9 Å². The molecule has 1 heterocycles. The number of nitrogens with zero attached hydrogens (tertiary/aromatic N) is 4. The molecule has 6 heteroatoms. The van der Waals surface area contributed by atoms with Crippen molar-refractivity contribution in [3.8, 4) is 0 Å². The number of nitrogens with two attached hydrogens (primary N) is 1. The maximum Gasteiger partial charge on any atom is 0.156 e. The van der Waals surface area contributed by atoms with Gasteiger partial charge in [-0.25, -0.2) is 0 Å². The average Bonchev–Trinajstić information content (AvgIpc) is 2.35. The standard InChI is InChI=1S/C11H25N5O/c1-10(11(12)13-17)16-8-6-15(7-9-16)5-4-14(2)3/h10,17H,4-9H2,1-3H3,(H2,12,13). The Bertz CT molecular complexity index is 248. The van der Waals surface area contributed by atoms with Crippen molar-refractivity contribution in [3.63, 3.8) is 0 Å². The largest absolute Gasteiger partial charge is 0.409 e. The molecule has 100 valence electrons. The summed E-state index contributed by atoms with van der Waals surface area (Å²) in [6, 6.07) is 0.0241. The molecule has 1 fully saturated rings. The zero-order valence-electron chi connectivity index (χ0n) is 11.1. The molecule has 0 saturated carbocycles. The minimum absolute atomic E-state index is 0.0241. The first-order valence-electron chi connectivity index (χ1n) is 6.13. The van der Waals surface area contributed by atoms with Gasteiger partial charge in [0.05, 0.1) is 6.04 Å². The molecular formula is C11H25N5O. The van der Waals surface area contributed by atoms with Crippen molar-refractivity contribution in [2.75, 3.05) is 53.4 Å².